The summed E-state index contributed by atoms with van der Waals surface area (Å²) in [4.78, 5) is 12.8. The van der Waals surface area contributed by atoms with Crippen molar-refractivity contribution in [2.24, 2.45) is 17.8 Å². The highest BCUT2D eigenvalue weighted by Crippen LogP contribution is 2.66. The van der Waals surface area contributed by atoms with Crippen LogP contribution in [0.15, 0.2) is 0 Å². The molecule has 2 saturated carbocycles. The van der Waals surface area contributed by atoms with Crippen molar-refractivity contribution in [1.29, 1.82) is 0 Å². The Hall–Kier alpha value is -1.17. The van der Waals surface area contributed by atoms with Crippen LogP contribution in [-0.2, 0) is 14.3 Å². The Bertz CT molecular complexity index is 788. The second kappa shape index (κ2) is 9.85. The Morgan fingerprint density at radius 3 is 1.81 bits per heavy atom. The zero-order chi connectivity index (χ0) is 27.2. The summed E-state index contributed by atoms with van der Waals surface area (Å²) in [5.41, 5.74) is -7.35. The first-order valence-electron chi connectivity index (χ1n) is 12.7. The molecule has 4 unspecified atom stereocenters. The van der Waals surface area contributed by atoms with Gasteiger partial charge in [0.25, 0.3) is 0 Å². The molecule has 4 atom stereocenters. The quantitative estimate of drug-likeness (QED) is 0.300. The smallest absolute Gasteiger partial charge is 0.449 e. The molecule has 0 aromatic carbocycles. The minimum atomic E-state index is -6.31. The van der Waals surface area contributed by atoms with Gasteiger partial charge in [-0.15, -0.1) is 0 Å². The topological polar surface area (TPSA) is 55.8 Å². The van der Waals surface area contributed by atoms with Gasteiger partial charge >= 0.3 is 30.0 Å². The summed E-state index contributed by atoms with van der Waals surface area (Å²) in [6, 6.07) is 0. The minimum Gasteiger partial charge on any atom is -0.452 e. The molecule has 1 heterocycles. The molecular weight excluding hydrogens is 504 g/mol. The van der Waals surface area contributed by atoms with E-state index in [1.165, 1.54) is 13.8 Å². The van der Waals surface area contributed by atoms with Gasteiger partial charge in [0.2, 0.25) is 0 Å². The molecule has 210 valence electrons. The molecule has 1 saturated heterocycles. The van der Waals surface area contributed by atoms with E-state index in [0.29, 0.717) is 12.8 Å². The third kappa shape index (κ3) is 4.52. The summed E-state index contributed by atoms with van der Waals surface area (Å²) in [5.74, 6) is -16.5. The maximum absolute atomic E-state index is 16.1. The average Bonchev–Trinajstić information content (AvgIpc) is 2.81. The molecule has 1 N–H and O–H groups in total. The Balaban J connectivity index is 2.33. The van der Waals surface area contributed by atoms with Crippen LogP contribution >= 0.6 is 0 Å². The maximum Gasteiger partial charge on any atom is 0.449 e. The molecule has 1 aliphatic heterocycles. The van der Waals surface area contributed by atoms with Gasteiger partial charge in [-0.05, 0) is 38.0 Å². The first-order chi connectivity index (χ1) is 16.5. The van der Waals surface area contributed by atoms with Crippen LogP contribution in [0.3, 0.4) is 0 Å². The fourth-order valence-electron chi connectivity index (χ4n) is 6.17. The van der Waals surface area contributed by atoms with Gasteiger partial charge < -0.3 is 14.6 Å². The van der Waals surface area contributed by atoms with E-state index in [4.69, 9.17) is 4.74 Å². The third-order valence-electron chi connectivity index (χ3n) is 8.50. The predicted octanol–water partition coefficient (Wildman–Crippen LogP) is 7.08. The van der Waals surface area contributed by atoms with Crippen molar-refractivity contribution in [2.45, 2.75) is 126 Å². The summed E-state index contributed by atoms with van der Waals surface area (Å²) >= 11 is 0. The lowest BCUT2D eigenvalue weighted by Crippen LogP contribution is -2.82. The van der Waals surface area contributed by atoms with Gasteiger partial charge in [0.1, 0.15) is 0 Å². The second-order valence-electron chi connectivity index (χ2n) is 10.7. The van der Waals surface area contributed by atoms with Crippen LogP contribution in [0.25, 0.3) is 0 Å². The number of hydrogen-bond acceptors (Lipinski definition) is 4. The van der Waals surface area contributed by atoms with E-state index in [-0.39, 0.29) is 57.8 Å². The van der Waals surface area contributed by atoms with Gasteiger partial charge in [0, 0.05) is 12.3 Å². The Kier molecular flexibility index (Phi) is 8.04. The van der Waals surface area contributed by atoms with Crippen molar-refractivity contribution in [3.05, 3.63) is 0 Å². The Morgan fingerprint density at radius 2 is 1.39 bits per heavy atom. The number of ether oxygens (including phenoxy) is 2. The largest absolute Gasteiger partial charge is 0.452 e. The molecule has 0 amide bonds. The number of halogens is 8. The van der Waals surface area contributed by atoms with Gasteiger partial charge in [-0.2, -0.15) is 35.1 Å². The van der Waals surface area contributed by atoms with Gasteiger partial charge in [0.15, 0.2) is 11.2 Å². The van der Waals surface area contributed by atoms with Crippen molar-refractivity contribution in [3.8, 4) is 0 Å². The van der Waals surface area contributed by atoms with E-state index < -0.39 is 65.4 Å². The molecule has 0 radical (unpaired) electrons. The lowest BCUT2D eigenvalue weighted by molar-refractivity contribution is -0.528. The maximum atomic E-state index is 16.1. The Labute approximate surface area is 205 Å². The number of esters is 1. The van der Waals surface area contributed by atoms with Crippen LogP contribution < -0.4 is 0 Å². The molecule has 2 aliphatic carbocycles. The summed E-state index contributed by atoms with van der Waals surface area (Å²) in [7, 11) is 0. The van der Waals surface area contributed by atoms with E-state index in [0.717, 1.165) is 0 Å². The van der Waals surface area contributed by atoms with Crippen LogP contribution in [0.2, 0.25) is 0 Å². The number of carbonyl (C=O) groups is 1. The first-order valence-corrected chi connectivity index (χ1v) is 12.7. The van der Waals surface area contributed by atoms with Gasteiger partial charge in [-0.3, -0.25) is 4.79 Å². The first kappa shape index (κ1) is 29.4. The lowest BCUT2D eigenvalue weighted by Gasteiger charge is -2.61. The molecule has 0 spiro atoms. The van der Waals surface area contributed by atoms with Crippen LogP contribution in [0.4, 0.5) is 35.1 Å². The van der Waals surface area contributed by atoms with Crippen molar-refractivity contribution >= 4 is 5.97 Å². The van der Waals surface area contributed by atoms with Gasteiger partial charge in [-0.25, -0.2) is 0 Å². The molecule has 3 fully saturated rings. The van der Waals surface area contributed by atoms with Crippen LogP contribution in [0, 0.1) is 17.8 Å². The molecule has 12 heteroatoms. The summed E-state index contributed by atoms with van der Waals surface area (Å²) in [6.45, 7) is 2.80. The monoisotopic (exact) mass is 538 g/mol. The number of alkyl halides is 8. The van der Waals surface area contributed by atoms with Crippen molar-refractivity contribution in [3.63, 3.8) is 0 Å². The van der Waals surface area contributed by atoms with E-state index in [2.05, 4.69) is 4.74 Å². The summed E-state index contributed by atoms with van der Waals surface area (Å²) in [5, 5.41) is 10.6. The highest BCUT2D eigenvalue weighted by atomic mass is 19.4. The fraction of sp³-hybridized carbons (Fsp3) is 0.958. The Morgan fingerprint density at radius 1 is 0.917 bits per heavy atom. The number of hydrogen-bond donors (Lipinski definition) is 1. The van der Waals surface area contributed by atoms with Crippen molar-refractivity contribution in [1.82, 2.24) is 0 Å². The zero-order valence-electron chi connectivity index (χ0n) is 20.4. The number of carbonyl (C=O) groups excluding carboxylic acids is 1. The van der Waals surface area contributed by atoms with Crippen LogP contribution in [-0.4, -0.2) is 46.3 Å². The average molecular weight is 539 g/mol. The minimum absolute atomic E-state index is 0.0677. The molecular formula is C24H34F8O4. The highest BCUT2D eigenvalue weighted by Gasteiger charge is 2.88. The van der Waals surface area contributed by atoms with E-state index in [1.54, 1.807) is 0 Å². The van der Waals surface area contributed by atoms with E-state index in [1.807, 2.05) is 0 Å². The van der Waals surface area contributed by atoms with Gasteiger partial charge in [0.05, 0.1) is 5.92 Å². The molecule has 0 bridgehead atoms. The van der Waals surface area contributed by atoms with Gasteiger partial charge in [-0.1, -0.05) is 52.4 Å². The van der Waals surface area contributed by atoms with Crippen molar-refractivity contribution in [2.75, 3.05) is 0 Å². The molecule has 4 nitrogen and oxygen atoms in total. The zero-order valence-corrected chi connectivity index (χ0v) is 20.4. The molecule has 3 aliphatic rings. The highest BCUT2D eigenvalue weighted by molar-refractivity contribution is 5.72. The molecule has 3 rings (SSSR count). The number of rotatable bonds is 5. The summed E-state index contributed by atoms with van der Waals surface area (Å²) < 4.78 is 129. The normalized spacial score (nSPS) is 35.9. The second-order valence-corrected chi connectivity index (χ2v) is 10.7. The fourth-order valence-corrected chi connectivity index (χ4v) is 6.17. The molecule has 36 heavy (non-hydrogen) atoms. The predicted molar refractivity (Wildman–Crippen MR) is 112 cm³/mol. The summed E-state index contributed by atoms with van der Waals surface area (Å²) in [6.07, 6.45) is -12.2. The number of aliphatic hydroxyl groups is 1. The standard InChI is InChI=1S/C24H34F8O4/c1-3-15(2)18(33)35-19(16-10-6-4-7-11-16)14-20(23(27,28)29,17-12-8-5-9-13-17)36-22(34,21(19,25)26)24(30,31)32/h15-17,34H,3-14H2,1-2H3. The lowest BCUT2D eigenvalue weighted by atomic mass is 9.60. The van der Waals surface area contributed by atoms with E-state index >= 15 is 8.78 Å². The van der Waals surface area contributed by atoms with Crippen LogP contribution in [0.5, 0.6) is 0 Å². The van der Waals surface area contributed by atoms with Crippen LogP contribution in [0.1, 0.15) is 90.9 Å². The molecule has 0 aromatic rings. The molecule has 0 aromatic heterocycles. The SMILES string of the molecule is CCC(C)C(=O)OC1(C2CCCCC2)CC(C2CCCCC2)(C(F)(F)F)OC(O)(C(F)(F)F)C1(F)F. The van der Waals surface area contributed by atoms with Crippen molar-refractivity contribution < 1.29 is 54.5 Å². The third-order valence-corrected chi connectivity index (χ3v) is 8.50. The van der Waals surface area contributed by atoms with E-state index in [9.17, 15) is 36.2 Å².